The lowest BCUT2D eigenvalue weighted by Crippen LogP contribution is -2.34. The number of nitro benzene ring substituents is 1. The second kappa shape index (κ2) is 6.36. The quantitative estimate of drug-likeness (QED) is 0.480. The van der Waals surface area contributed by atoms with Gasteiger partial charge in [0.2, 0.25) is 0 Å². The van der Waals surface area contributed by atoms with Gasteiger partial charge in [0.25, 0.3) is 5.69 Å². The van der Waals surface area contributed by atoms with Crippen molar-refractivity contribution in [1.29, 1.82) is 0 Å². The molecule has 0 saturated carbocycles. The SMILES string of the molecule is COC(=O)CC1CCN(c2ccccc2[N+](=O)[O-])CC1. The molecule has 0 N–H and O–H groups in total. The van der Waals surface area contributed by atoms with Gasteiger partial charge in [-0.2, -0.15) is 0 Å². The molecule has 1 aromatic carbocycles. The summed E-state index contributed by atoms with van der Waals surface area (Å²) >= 11 is 0. The van der Waals surface area contributed by atoms with E-state index in [-0.39, 0.29) is 16.6 Å². The number of hydrogen-bond acceptors (Lipinski definition) is 5. The number of nitro groups is 1. The van der Waals surface area contributed by atoms with E-state index >= 15 is 0 Å². The molecule has 2 rings (SSSR count). The minimum atomic E-state index is -0.351. The van der Waals surface area contributed by atoms with Gasteiger partial charge in [0, 0.05) is 25.6 Å². The number of para-hydroxylation sites is 2. The van der Waals surface area contributed by atoms with E-state index in [1.807, 2.05) is 11.0 Å². The third-order valence-electron chi connectivity index (χ3n) is 3.72. The Balaban J connectivity index is 2.01. The first-order chi connectivity index (χ1) is 9.61. The van der Waals surface area contributed by atoms with Gasteiger partial charge in [0.1, 0.15) is 5.69 Å². The lowest BCUT2D eigenvalue weighted by atomic mass is 9.93. The highest BCUT2D eigenvalue weighted by Gasteiger charge is 2.25. The van der Waals surface area contributed by atoms with Crippen LogP contribution in [-0.4, -0.2) is 31.1 Å². The second-order valence-corrected chi connectivity index (χ2v) is 4.96. The van der Waals surface area contributed by atoms with E-state index in [1.54, 1.807) is 12.1 Å². The number of carbonyl (C=O) groups is 1. The van der Waals surface area contributed by atoms with Crippen molar-refractivity contribution in [2.75, 3.05) is 25.1 Å². The zero-order valence-corrected chi connectivity index (χ0v) is 11.4. The number of anilines is 1. The normalized spacial score (nSPS) is 15.9. The summed E-state index contributed by atoms with van der Waals surface area (Å²) in [6.07, 6.45) is 2.13. The van der Waals surface area contributed by atoms with E-state index in [0.717, 1.165) is 25.9 Å². The first kappa shape index (κ1) is 14.3. The van der Waals surface area contributed by atoms with Gasteiger partial charge in [-0.05, 0) is 24.8 Å². The van der Waals surface area contributed by atoms with Gasteiger partial charge in [-0.1, -0.05) is 12.1 Å². The van der Waals surface area contributed by atoms with Crippen LogP contribution in [0, 0.1) is 16.0 Å². The molecule has 1 heterocycles. The Hall–Kier alpha value is -2.11. The van der Waals surface area contributed by atoms with Crippen LogP contribution in [0.5, 0.6) is 0 Å². The summed E-state index contributed by atoms with van der Waals surface area (Å²) in [7, 11) is 1.39. The van der Waals surface area contributed by atoms with Gasteiger partial charge in [-0.25, -0.2) is 0 Å². The highest BCUT2D eigenvalue weighted by atomic mass is 16.6. The number of piperidine rings is 1. The van der Waals surface area contributed by atoms with E-state index in [0.29, 0.717) is 18.0 Å². The zero-order chi connectivity index (χ0) is 14.5. The van der Waals surface area contributed by atoms with Crippen LogP contribution in [0.1, 0.15) is 19.3 Å². The van der Waals surface area contributed by atoms with Gasteiger partial charge >= 0.3 is 5.97 Å². The molecule has 6 heteroatoms. The van der Waals surface area contributed by atoms with Crippen LogP contribution in [0.15, 0.2) is 24.3 Å². The molecule has 0 bridgehead atoms. The number of methoxy groups -OCH3 is 1. The number of hydrogen-bond donors (Lipinski definition) is 0. The summed E-state index contributed by atoms with van der Waals surface area (Å²) in [6, 6.07) is 6.78. The van der Waals surface area contributed by atoms with Crippen LogP contribution >= 0.6 is 0 Å². The molecular formula is C14H18N2O4. The molecule has 108 valence electrons. The summed E-state index contributed by atoms with van der Waals surface area (Å²) in [5.74, 6) is 0.121. The maximum absolute atomic E-state index is 11.2. The molecule has 6 nitrogen and oxygen atoms in total. The first-order valence-electron chi connectivity index (χ1n) is 6.67. The molecule has 0 spiro atoms. The lowest BCUT2D eigenvalue weighted by Gasteiger charge is -2.32. The van der Waals surface area contributed by atoms with Crippen molar-refractivity contribution < 1.29 is 14.5 Å². The minimum Gasteiger partial charge on any atom is -0.469 e. The largest absolute Gasteiger partial charge is 0.469 e. The fourth-order valence-corrected chi connectivity index (χ4v) is 2.58. The molecule has 1 saturated heterocycles. The molecule has 20 heavy (non-hydrogen) atoms. The zero-order valence-electron chi connectivity index (χ0n) is 11.4. The van der Waals surface area contributed by atoms with Gasteiger partial charge < -0.3 is 9.64 Å². The van der Waals surface area contributed by atoms with Gasteiger partial charge in [0.05, 0.1) is 12.0 Å². The highest BCUT2D eigenvalue weighted by Crippen LogP contribution is 2.31. The van der Waals surface area contributed by atoms with Crippen LogP contribution in [0.3, 0.4) is 0 Å². The van der Waals surface area contributed by atoms with Crippen molar-refractivity contribution in [3.05, 3.63) is 34.4 Å². The predicted octanol–water partition coefficient (Wildman–Crippen LogP) is 2.37. The fraction of sp³-hybridized carbons (Fsp3) is 0.500. The Morgan fingerprint density at radius 1 is 1.40 bits per heavy atom. The number of ether oxygens (including phenoxy) is 1. The van der Waals surface area contributed by atoms with Gasteiger partial charge in [-0.15, -0.1) is 0 Å². The maximum atomic E-state index is 11.2. The first-order valence-corrected chi connectivity index (χ1v) is 6.67. The lowest BCUT2D eigenvalue weighted by molar-refractivity contribution is -0.384. The molecule has 1 fully saturated rings. The second-order valence-electron chi connectivity index (χ2n) is 4.96. The van der Waals surface area contributed by atoms with Crippen molar-refractivity contribution in [2.24, 2.45) is 5.92 Å². The molecule has 1 aliphatic rings. The molecule has 0 aliphatic carbocycles. The van der Waals surface area contributed by atoms with E-state index in [2.05, 4.69) is 4.74 Å². The van der Waals surface area contributed by atoms with Gasteiger partial charge in [-0.3, -0.25) is 14.9 Å². The number of rotatable bonds is 4. The van der Waals surface area contributed by atoms with Crippen molar-refractivity contribution in [3.63, 3.8) is 0 Å². The van der Waals surface area contributed by atoms with Crippen LogP contribution in [-0.2, 0) is 9.53 Å². The predicted molar refractivity (Wildman–Crippen MR) is 74.7 cm³/mol. The molecule has 1 aromatic rings. The average Bonchev–Trinajstić information content (AvgIpc) is 2.48. The molecule has 0 unspecified atom stereocenters. The Bertz CT molecular complexity index is 496. The summed E-state index contributed by atoms with van der Waals surface area (Å²) in [5, 5.41) is 11.0. The standard InChI is InChI=1S/C14H18N2O4/c1-20-14(17)10-11-6-8-15(9-7-11)12-4-2-3-5-13(12)16(18)19/h2-5,11H,6-10H2,1H3. The topological polar surface area (TPSA) is 72.7 Å². The number of carbonyl (C=O) groups excluding carboxylic acids is 1. The van der Waals surface area contributed by atoms with E-state index in [1.165, 1.54) is 13.2 Å². The van der Waals surface area contributed by atoms with Crippen molar-refractivity contribution >= 4 is 17.3 Å². The van der Waals surface area contributed by atoms with E-state index in [9.17, 15) is 14.9 Å². The van der Waals surface area contributed by atoms with Crippen molar-refractivity contribution in [3.8, 4) is 0 Å². The molecule has 0 radical (unpaired) electrons. The summed E-state index contributed by atoms with van der Waals surface area (Å²) in [6.45, 7) is 1.46. The molecular weight excluding hydrogens is 260 g/mol. The summed E-state index contributed by atoms with van der Waals surface area (Å²) in [5.41, 5.74) is 0.799. The third-order valence-corrected chi connectivity index (χ3v) is 3.72. The minimum absolute atomic E-state index is 0.138. The Morgan fingerprint density at radius 2 is 2.05 bits per heavy atom. The average molecular weight is 278 g/mol. The van der Waals surface area contributed by atoms with Crippen LogP contribution in [0.2, 0.25) is 0 Å². The Labute approximate surface area is 117 Å². The van der Waals surface area contributed by atoms with E-state index in [4.69, 9.17) is 0 Å². The molecule has 1 aliphatic heterocycles. The maximum Gasteiger partial charge on any atom is 0.305 e. The molecule has 0 amide bonds. The number of nitrogens with zero attached hydrogens (tertiary/aromatic N) is 2. The molecule has 0 aromatic heterocycles. The Morgan fingerprint density at radius 3 is 2.65 bits per heavy atom. The van der Waals surface area contributed by atoms with Crippen LogP contribution < -0.4 is 4.90 Å². The van der Waals surface area contributed by atoms with Crippen LogP contribution in [0.4, 0.5) is 11.4 Å². The van der Waals surface area contributed by atoms with Crippen molar-refractivity contribution in [1.82, 2.24) is 0 Å². The smallest absolute Gasteiger partial charge is 0.305 e. The summed E-state index contributed by atoms with van der Waals surface area (Å²) < 4.78 is 4.67. The van der Waals surface area contributed by atoms with Crippen LogP contribution in [0.25, 0.3) is 0 Å². The van der Waals surface area contributed by atoms with Crippen molar-refractivity contribution in [2.45, 2.75) is 19.3 Å². The number of benzene rings is 1. The van der Waals surface area contributed by atoms with Gasteiger partial charge in [0.15, 0.2) is 0 Å². The fourth-order valence-electron chi connectivity index (χ4n) is 2.58. The highest BCUT2D eigenvalue weighted by molar-refractivity contribution is 5.69. The monoisotopic (exact) mass is 278 g/mol. The third kappa shape index (κ3) is 3.26. The number of esters is 1. The summed E-state index contributed by atoms with van der Waals surface area (Å²) in [4.78, 5) is 23.9. The molecule has 0 atom stereocenters. The Kier molecular flexibility index (Phi) is 4.55. The van der Waals surface area contributed by atoms with E-state index < -0.39 is 0 Å².